The van der Waals surface area contributed by atoms with Crippen LogP contribution < -0.4 is 0 Å². The van der Waals surface area contributed by atoms with Gasteiger partial charge in [0.2, 0.25) is 0 Å². The zero-order valence-electron chi connectivity index (χ0n) is 1.87. The second kappa shape index (κ2) is 8.87. The molecule has 0 rings (SSSR count). The fourth-order valence-electron chi connectivity index (χ4n) is 0. The van der Waals surface area contributed by atoms with E-state index in [2.05, 4.69) is 45.2 Å². The first kappa shape index (κ1) is 9.34. The van der Waals surface area contributed by atoms with E-state index in [0.29, 0.717) is 0 Å². The fraction of sp³-hybridized carbons (Fsp3) is 1.00. The first-order valence-electron chi connectivity index (χ1n) is 0.535. The highest BCUT2D eigenvalue weighted by molar-refractivity contribution is 14.2. The summed E-state index contributed by atoms with van der Waals surface area (Å²) in [7, 11) is 0. The largest absolute Gasteiger partial charge is 0.114 e. The van der Waals surface area contributed by atoms with Crippen molar-refractivity contribution in [2.24, 2.45) is 0 Å². The summed E-state index contributed by atoms with van der Waals surface area (Å²) in [5.74, 6) is 0. The molecule has 0 atom stereocenters. The van der Waals surface area contributed by atoms with Gasteiger partial charge in [0.15, 0.2) is 0 Å². The lowest BCUT2D eigenvalue weighted by Gasteiger charge is -1.43. The van der Waals surface area contributed by atoms with Crippen LogP contribution >= 0.6 is 62.2 Å². The number of rotatable bonds is 0. The van der Waals surface area contributed by atoms with Crippen molar-refractivity contribution in [3.05, 3.63) is 0 Å². The van der Waals surface area contributed by atoms with Gasteiger partial charge in [-0.25, -0.2) is 0 Å². The molecular formula is CH3BrI2. The molecule has 0 spiro atoms. The van der Waals surface area contributed by atoms with Crippen LogP contribution in [0, 0.1) is 0 Å². The van der Waals surface area contributed by atoms with E-state index in [9.17, 15) is 0 Å². The number of hydrogen-bond acceptors (Lipinski definition) is 0. The molecule has 0 saturated carbocycles. The maximum Gasteiger partial charge on any atom is 0.0516 e. The number of halogens is 3. The van der Waals surface area contributed by atoms with E-state index in [-0.39, 0.29) is 17.0 Å². The summed E-state index contributed by atoms with van der Waals surface area (Å²) in [5.41, 5.74) is 0. The van der Waals surface area contributed by atoms with Crippen LogP contribution in [0.4, 0.5) is 0 Å². The van der Waals surface area contributed by atoms with Crippen LogP contribution in [0.2, 0.25) is 0 Å². The second-order valence-corrected chi connectivity index (χ2v) is 4.55. The van der Waals surface area contributed by atoms with E-state index in [1.54, 1.807) is 0 Å². The minimum Gasteiger partial charge on any atom is -0.114 e. The van der Waals surface area contributed by atoms with Crippen LogP contribution in [0.1, 0.15) is 0 Å². The smallest absolute Gasteiger partial charge is 0.0516 e. The predicted octanol–water partition coefficient (Wildman–Crippen LogP) is 2.39. The van der Waals surface area contributed by atoms with Gasteiger partial charge in [-0.05, 0) is 0 Å². The fourth-order valence-corrected chi connectivity index (χ4v) is 0. The molecule has 0 nitrogen and oxygen atoms in total. The average Bonchev–Trinajstić information content (AvgIpc) is 0.918. The maximum atomic E-state index is 2.28. The average molecular weight is 349 g/mol. The summed E-state index contributed by atoms with van der Waals surface area (Å²) in [4.78, 5) is 0. The van der Waals surface area contributed by atoms with Gasteiger partial charge in [-0.1, -0.05) is 45.2 Å². The van der Waals surface area contributed by atoms with Crippen LogP contribution in [0.3, 0.4) is 0 Å². The molecule has 0 saturated heterocycles. The van der Waals surface area contributed by atoms with Crippen LogP contribution in [-0.2, 0) is 0 Å². The highest BCUT2D eigenvalue weighted by atomic mass is 127. The molecule has 28 valence electrons. The summed E-state index contributed by atoms with van der Waals surface area (Å²) in [6.07, 6.45) is 0. The van der Waals surface area contributed by atoms with Gasteiger partial charge in [0.1, 0.15) is 0 Å². The number of hydrogen-bond donors (Lipinski definition) is 0. The van der Waals surface area contributed by atoms with E-state index in [1.807, 2.05) is 0 Å². The van der Waals surface area contributed by atoms with E-state index < -0.39 is 0 Å². The lowest BCUT2D eigenvalue weighted by molar-refractivity contribution is 2.58. The van der Waals surface area contributed by atoms with Crippen LogP contribution in [0.25, 0.3) is 0 Å². The first-order valence-corrected chi connectivity index (χ1v) is 3.59. The Labute approximate surface area is 63.8 Å². The zero-order chi connectivity index (χ0) is 2.71. The summed E-state index contributed by atoms with van der Waals surface area (Å²) >= 11 is 4.55. The summed E-state index contributed by atoms with van der Waals surface area (Å²) in [6.45, 7) is 0. The van der Waals surface area contributed by atoms with Crippen molar-refractivity contribution in [2.45, 2.75) is 0 Å². The molecule has 0 aliphatic rings. The summed E-state index contributed by atoms with van der Waals surface area (Å²) in [6, 6.07) is 0. The van der Waals surface area contributed by atoms with Crippen molar-refractivity contribution in [3.63, 3.8) is 0 Å². The third kappa shape index (κ3) is 9.05. The summed E-state index contributed by atoms with van der Waals surface area (Å²) < 4.78 is 1.19. The molecule has 0 radical (unpaired) electrons. The Morgan fingerprint density at radius 3 is 1.25 bits per heavy atom. The molecular weight excluding hydrogens is 346 g/mol. The Bertz CT molecular complexity index is 6.00. The summed E-state index contributed by atoms with van der Waals surface area (Å²) in [5, 5.41) is 0. The lowest BCUT2D eigenvalue weighted by Crippen LogP contribution is -1.17. The van der Waals surface area contributed by atoms with Gasteiger partial charge >= 0.3 is 0 Å². The normalized spacial score (nSPS) is 4.50. The van der Waals surface area contributed by atoms with Gasteiger partial charge in [0.25, 0.3) is 0 Å². The van der Waals surface area contributed by atoms with Crippen molar-refractivity contribution in [2.75, 3.05) is 2.43 Å². The molecule has 0 aromatic heterocycles. The van der Waals surface area contributed by atoms with Gasteiger partial charge < -0.3 is 0 Å². The molecule has 0 aliphatic carbocycles. The lowest BCUT2D eigenvalue weighted by atomic mass is 12.0. The van der Waals surface area contributed by atoms with Gasteiger partial charge in [-0.3, -0.25) is 0 Å². The Kier molecular flexibility index (Phi) is 20.7. The van der Waals surface area contributed by atoms with Crippen LogP contribution in [0.15, 0.2) is 0 Å². The Morgan fingerprint density at radius 2 is 1.25 bits per heavy atom. The van der Waals surface area contributed by atoms with E-state index in [1.165, 1.54) is 2.43 Å². The second-order valence-electron chi connectivity index (χ2n) is 0.101. The van der Waals surface area contributed by atoms with Crippen molar-refractivity contribution in [1.82, 2.24) is 0 Å². The van der Waals surface area contributed by atoms with Gasteiger partial charge in [-0.15, -0.1) is 17.0 Å². The molecule has 3 heteroatoms. The van der Waals surface area contributed by atoms with Crippen LogP contribution in [-0.4, -0.2) is 2.43 Å². The zero-order valence-corrected chi connectivity index (χ0v) is 7.90. The molecule has 4 heavy (non-hydrogen) atoms. The van der Waals surface area contributed by atoms with Crippen LogP contribution in [0.5, 0.6) is 0 Å². The molecule has 0 heterocycles. The third-order valence-electron chi connectivity index (χ3n) is 0. The molecule has 0 unspecified atom stereocenters. The topological polar surface area (TPSA) is 0 Å². The quantitative estimate of drug-likeness (QED) is 0.466. The first-order chi connectivity index (χ1) is 1.41. The monoisotopic (exact) mass is 348 g/mol. The molecule has 0 aromatic carbocycles. The van der Waals surface area contributed by atoms with E-state index >= 15 is 0 Å². The van der Waals surface area contributed by atoms with Crippen molar-refractivity contribution < 1.29 is 0 Å². The highest BCUT2D eigenvalue weighted by Crippen LogP contribution is 1.86. The maximum absolute atomic E-state index is 2.28. The molecule has 0 amide bonds. The van der Waals surface area contributed by atoms with Crippen molar-refractivity contribution >= 4 is 62.2 Å². The minimum atomic E-state index is 0. The molecule has 0 N–H and O–H groups in total. The van der Waals surface area contributed by atoms with Crippen molar-refractivity contribution in [1.29, 1.82) is 0 Å². The van der Waals surface area contributed by atoms with E-state index in [0.717, 1.165) is 0 Å². The predicted molar refractivity (Wildman–Crippen MR) is 43.2 cm³/mol. The Hall–Kier alpha value is 1.94. The van der Waals surface area contributed by atoms with Gasteiger partial charge in [0, 0.05) is 0 Å². The Morgan fingerprint density at radius 1 is 1.25 bits per heavy atom. The highest BCUT2D eigenvalue weighted by Gasteiger charge is 1.40. The van der Waals surface area contributed by atoms with E-state index in [4.69, 9.17) is 0 Å². The Balaban J connectivity index is 0. The molecule has 0 aliphatic heterocycles. The van der Waals surface area contributed by atoms with Crippen molar-refractivity contribution in [3.8, 4) is 0 Å². The minimum absolute atomic E-state index is 0. The van der Waals surface area contributed by atoms with Gasteiger partial charge in [0.05, 0.1) is 2.43 Å². The van der Waals surface area contributed by atoms with Gasteiger partial charge in [-0.2, -0.15) is 0 Å². The SMILES string of the molecule is Br.ICI. The number of alkyl halides is 2. The third-order valence-corrected chi connectivity index (χ3v) is 0. The molecule has 0 fully saturated rings. The molecule has 0 bridgehead atoms. The molecule has 0 aromatic rings. The standard InChI is InChI=1S/CH2I2.BrH/c2-1-3;/h1H2;1H.